The highest BCUT2D eigenvalue weighted by Crippen LogP contribution is 2.40. The molecule has 2 aromatic heterocycles. The Labute approximate surface area is 193 Å². The van der Waals surface area contributed by atoms with Gasteiger partial charge in [0.1, 0.15) is 35.0 Å². The Morgan fingerprint density at radius 1 is 1.33 bits per heavy atom. The molecule has 33 heavy (non-hydrogen) atoms. The van der Waals surface area contributed by atoms with Gasteiger partial charge >= 0.3 is 5.97 Å². The van der Waals surface area contributed by atoms with Crippen molar-refractivity contribution in [2.45, 2.75) is 11.4 Å². The van der Waals surface area contributed by atoms with E-state index in [-0.39, 0.29) is 28.1 Å². The van der Waals surface area contributed by atoms with Gasteiger partial charge in [0.25, 0.3) is 11.8 Å². The molecule has 13 nitrogen and oxygen atoms in total. The zero-order valence-electron chi connectivity index (χ0n) is 16.6. The van der Waals surface area contributed by atoms with Crippen LogP contribution in [0.25, 0.3) is 6.08 Å². The Balaban J connectivity index is 1.54. The van der Waals surface area contributed by atoms with Gasteiger partial charge in [0.15, 0.2) is 10.8 Å². The van der Waals surface area contributed by atoms with Gasteiger partial charge in [-0.25, -0.2) is 19.7 Å². The molecule has 1 saturated heterocycles. The lowest BCUT2D eigenvalue weighted by Crippen LogP contribution is -2.71. The van der Waals surface area contributed by atoms with Crippen molar-refractivity contribution in [3.05, 3.63) is 46.5 Å². The van der Waals surface area contributed by atoms with E-state index < -0.39 is 34.9 Å². The number of nitrogens with zero attached hydrogens (tertiary/aromatic N) is 5. The molecule has 2 amide bonds. The van der Waals surface area contributed by atoms with E-state index in [9.17, 15) is 24.7 Å². The van der Waals surface area contributed by atoms with Crippen LogP contribution in [0.2, 0.25) is 0 Å². The number of β-lactam (4-membered cyclic amide) rings is 1. The van der Waals surface area contributed by atoms with Crippen LogP contribution < -0.4 is 16.8 Å². The van der Waals surface area contributed by atoms with Crippen LogP contribution in [0.1, 0.15) is 11.3 Å². The highest BCUT2D eigenvalue weighted by molar-refractivity contribution is 8.00. The Kier molecular flexibility index (Phi) is 5.97. The number of amides is 2. The SMILES string of the molecule is Nc1nc(/C(=N/O)C(=O)N[C@@H]2C(=O)N3C(C(=O)O)=C(/C=C/c4cncnc4N)CS[C@H]23)cs1. The highest BCUT2D eigenvalue weighted by Gasteiger charge is 2.54. The number of hydrogen-bond acceptors (Lipinski definition) is 12. The first-order chi connectivity index (χ1) is 15.8. The molecule has 0 unspecified atom stereocenters. The molecule has 15 heteroatoms. The fourth-order valence-corrected chi connectivity index (χ4v) is 5.12. The van der Waals surface area contributed by atoms with E-state index in [1.807, 2.05) is 0 Å². The first kappa shape index (κ1) is 22.2. The van der Waals surface area contributed by atoms with Crippen molar-refractivity contribution in [1.82, 2.24) is 25.2 Å². The number of thiazole rings is 1. The predicted octanol–water partition coefficient (Wildman–Crippen LogP) is -0.272. The molecule has 0 aromatic carbocycles. The number of anilines is 2. The third-order valence-corrected chi connectivity index (χ3v) is 6.78. The number of aromatic nitrogens is 3. The minimum Gasteiger partial charge on any atom is -0.477 e. The lowest BCUT2D eigenvalue weighted by molar-refractivity contribution is -0.150. The van der Waals surface area contributed by atoms with E-state index in [4.69, 9.17) is 11.5 Å². The van der Waals surface area contributed by atoms with Crippen LogP contribution >= 0.6 is 23.1 Å². The van der Waals surface area contributed by atoms with Gasteiger partial charge in [0.05, 0.1) is 0 Å². The number of thioether (sulfide) groups is 1. The largest absolute Gasteiger partial charge is 0.477 e. The van der Waals surface area contributed by atoms with Gasteiger partial charge in [0, 0.05) is 22.9 Å². The van der Waals surface area contributed by atoms with Crippen molar-refractivity contribution in [2.75, 3.05) is 17.2 Å². The van der Waals surface area contributed by atoms with Crippen molar-refractivity contribution in [3.63, 3.8) is 0 Å². The van der Waals surface area contributed by atoms with Crippen LogP contribution in [-0.4, -0.2) is 70.8 Å². The van der Waals surface area contributed by atoms with E-state index in [1.54, 1.807) is 12.2 Å². The summed E-state index contributed by atoms with van der Waals surface area (Å²) in [6.07, 6.45) is 5.89. The quantitative estimate of drug-likeness (QED) is 0.154. The van der Waals surface area contributed by atoms with Gasteiger partial charge in [-0.3, -0.25) is 14.5 Å². The molecule has 4 rings (SSSR count). The van der Waals surface area contributed by atoms with Gasteiger partial charge in [-0.15, -0.1) is 23.1 Å². The maximum atomic E-state index is 12.8. The average molecular weight is 489 g/mol. The summed E-state index contributed by atoms with van der Waals surface area (Å²) in [5.74, 6) is -2.25. The highest BCUT2D eigenvalue weighted by atomic mass is 32.2. The van der Waals surface area contributed by atoms with Gasteiger partial charge < -0.3 is 27.1 Å². The number of carboxylic acids is 1. The van der Waals surface area contributed by atoms with Crippen LogP contribution in [0.5, 0.6) is 0 Å². The molecule has 2 aliphatic rings. The molecule has 7 N–H and O–H groups in total. The number of aliphatic carboxylic acids is 1. The molecule has 2 atom stereocenters. The maximum Gasteiger partial charge on any atom is 0.352 e. The smallest absolute Gasteiger partial charge is 0.352 e. The lowest BCUT2D eigenvalue weighted by Gasteiger charge is -2.49. The Morgan fingerprint density at radius 2 is 2.12 bits per heavy atom. The number of hydrogen-bond donors (Lipinski definition) is 5. The topological polar surface area (TPSA) is 210 Å². The minimum atomic E-state index is -1.29. The van der Waals surface area contributed by atoms with Crippen molar-refractivity contribution < 1.29 is 24.7 Å². The molecule has 0 saturated carbocycles. The van der Waals surface area contributed by atoms with E-state index in [0.717, 1.165) is 16.2 Å². The van der Waals surface area contributed by atoms with Crippen molar-refractivity contribution in [1.29, 1.82) is 0 Å². The Morgan fingerprint density at radius 3 is 2.76 bits per heavy atom. The van der Waals surface area contributed by atoms with Crippen molar-refractivity contribution in [2.24, 2.45) is 5.16 Å². The molecule has 0 spiro atoms. The number of rotatable bonds is 6. The maximum absolute atomic E-state index is 12.8. The number of nitrogens with two attached hydrogens (primary N) is 2. The summed E-state index contributed by atoms with van der Waals surface area (Å²) in [6, 6.07) is -1.01. The fraction of sp³-hybridized carbons (Fsp3) is 0.167. The molecule has 1 fully saturated rings. The second-order valence-electron chi connectivity index (χ2n) is 6.76. The van der Waals surface area contributed by atoms with E-state index in [1.165, 1.54) is 29.7 Å². The summed E-state index contributed by atoms with van der Waals surface area (Å²) >= 11 is 2.33. The molecular formula is C18H16N8O5S2. The van der Waals surface area contributed by atoms with Crippen molar-refractivity contribution in [3.8, 4) is 0 Å². The summed E-state index contributed by atoms with van der Waals surface area (Å²) < 4.78 is 0. The Bertz CT molecular complexity index is 1240. The lowest BCUT2D eigenvalue weighted by atomic mass is 10.0. The molecule has 0 bridgehead atoms. The summed E-state index contributed by atoms with van der Waals surface area (Å²) in [6.45, 7) is 0. The molecule has 0 radical (unpaired) electrons. The number of allylic oxidation sites excluding steroid dienone is 1. The monoisotopic (exact) mass is 488 g/mol. The Hall–Kier alpha value is -3.98. The van der Waals surface area contributed by atoms with Crippen LogP contribution in [0.4, 0.5) is 10.9 Å². The first-order valence-corrected chi connectivity index (χ1v) is 11.1. The molecule has 4 heterocycles. The van der Waals surface area contributed by atoms with Crippen molar-refractivity contribution >= 4 is 63.6 Å². The molecule has 2 aliphatic heterocycles. The number of carboxylic acid groups (broad SMARTS) is 1. The predicted molar refractivity (Wildman–Crippen MR) is 120 cm³/mol. The average Bonchev–Trinajstić information content (AvgIpc) is 3.22. The van der Waals surface area contributed by atoms with Crippen LogP contribution in [0, 0.1) is 0 Å². The van der Waals surface area contributed by atoms with Gasteiger partial charge in [-0.2, -0.15) is 0 Å². The van der Waals surface area contributed by atoms with Crippen LogP contribution in [0.3, 0.4) is 0 Å². The fourth-order valence-electron chi connectivity index (χ4n) is 3.26. The summed E-state index contributed by atoms with van der Waals surface area (Å²) in [7, 11) is 0. The third kappa shape index (κ3) is 4.10. The second-order valence-corrected chi connectivity index (χ2v) is 8.75. The summed E-state index contributed by atoms with van der Waals surface area (Å²) in [4.78, 5) is 50.0. The molecule has 0 aliphatic carbocycles. The van der Waals surface area contributed by atoms with E-state index in [2.05, 4.69) is 25.4 Å². The number of nitrogen functional groups attached to an aromatic ring is 2. The van der Waals surface area contributed by atoms with Gasteiger partial charge in [0.2, 0.25) is 0 Å². The zero-order chi connectivity index (χ0) is 23.7. The van der Waals surface area contributed by atoms with Crippen LogP contribution in [-0.2, 0) is 14.4 Å². The molecule has 170 valence electrons. The number of carbonyl (C=O) groups excluding carboxylic acids is 2. The zero-order valence-corrected chi connectivity index (χ0v) is 18.2. The first-order valence-electron chi connectivity index (χ1n) is 9.20. The molecular weight excluding hydrogens is 472 g/mol. The van der Waals surface area contributed by atoms with Crippen LogP contribution in [0.15, 0.2) is 40.4 Å². The number of fused-ring (bicyclic) bond motifs is 1. The summed E-state index contributed by atoms with van der Waals surface area (Å²) in [5, 5.41) is 25.4. The molecule has 2 aromatic rings. The standard InChI is InChI=1S/C18H16N8O5S2/c19-13-7(3-21-6-22-13)1-2-8-4-32-16-11(15(28)26(16)12(8)17(29)30)24-14(27)10(25-31)9-5-33-18(20)23-9/h1-3,5-6,11,16,31H,4H2,(H2,20,23)(H,24,27)(H,29,30)(H2,19,21,22)/b2-1+,25-10-/t11-,16-/m1/s1. The second kappa shape index (κ2) is 8.87. The summed E-state index contributed by atoms with van der Waals surface area (Å²) in [5.41, 5.74) is 11.7. The number of oxime groups is 1. The minimum absolute atomic E-state index is 0.0557. The van der Waals surface area contributed by atoms with Gasteiger partial charge in [-0.05, 0) is 11.6 Å². The number of carbonyl (C=O) groups is 3. The normalized spacial score (nSPS) is 20.5. The van der Waals surface area contributed by atoms with Gasteiger partial charge in [-0.1, -0.05) is 11.2 Å². The van der Waals surface area contributed by atoms with E-state index in [0.29, 0.717) is 11.1 Å². The van der Waals surface area contributed by atoms with E-state index >= 15 is 0 Å². The third-order valence-electron chi connectivity index (χ3n) is 4.80. The number of nitrogens with one attached hydrogen (secondary N) is 1.